The predicted molar refractivity (Wildman–Crippen MR) is 138 cm³/mol. The molecule has 0 fully saturated rings. The zero-order valence-electron chi connectivity index (χ0n) is 19.5. The zero-order chi connectivity index (χ0) is 22.5. The smallest absolute Gasteiger partial charge is 0.0178 e. The van der Waals surface area contributed by atoms with Gasteiger partial charge in [-0.3, -0.25) is 0 Å². The van der Waals surface area contributed by atoms with Crippen molar-refractivity contribution in [3.8, 4) is 0 Å². The van der Waals surface area contributed by atoms with E-state index < -0.39 is 0 Å². The summed E-state index contributed by atoms with van der Waals surface area (Å²) in [6.07, 6.45) is 20.9. The lowest BCUT2D eigenvalue weighted by Gasteiger charge is -2.11. The van der Waals surface area contributed by atoms with Crippen LogP contribution in [0, 0.1) is 0 Å². The first-order valence-electron chi connectivity index (χ1n) is 10.5. The average Bonchev–Trinajstić information content (AvgIpc) is 2.79. The van der Waals surface area contributed by atoms with Gasteiger partial charge in [-0.2, -0.15) is 0 Å². The summed E-state index contributed by atoms with van der Waals surface area (Å²) in [6, 6.07) is 8.62. The minimum Gasteiger partial charge on any atom is -0.0984 e. The minimum absolute atomic E-state index is 1.11. The molecular weight excluding hydrogens is 360 g/mol. The van der Waals surface area contributed by atoms with Crippen LogP contribution in [0.1, 0.15) is 52.7 Å². The highest BCUT2D eigenvalue weighted by Crippen LogP contribution is 2.27. The SMILES string of the molecule is C=CC(=C\C(=C/C)c1cccc(/C(C=C)=C/C(=C\C)C(/C)=C/C)c1)/C(/C=C\C)=C/C. The summed E-state index contributed by atoms with van der Waals surface area (Å²) in [5, 5.41) is 0. The van der Waals surface area contributed by atoms with Gasteiger partial charge in [0, 0.05) is 0 Å². The number of hydrogen-bond acceptors (Lipinski definition) is 0. The molecule has 0 amide bonds. The maximum atomic E-state index is 4.05. The molecule has 0 radical (unpaired) electrons. The molecule has 0 saturated carbocycles. The van der Waals surface area contributed by atoms with Crippen molar-refractivity contribution in [1.82, 2.24) is 0 Å². The molecule has 0 bridgehead atoms. The molecule has 0 aliphatic rings. The van der Waals surface area contributed by atoms with Crippen LogP contribution in [0.15, 0.2) is 120 Å². The molecule has 1 aromatic carbocycles. The van der Waals surface area contributed by atoms with E-state index in [-0.39, 0.29) is 0 Å². The van der Waals surface area contributed by atoms with Crippen LogP contribution in [-0.4, -0.2) is 0 Å². The molecule has 0 aromatic heterocycles. The largest absolute Gasteiger partial charge is 0.0984 e. The van der Waals surface area contributed by atoms with E-state index in [1.165, 1.54) is 16.7 Å². The number of benzene rings is 1. The number of hydrogen-bond donors (Lipinski definition) is 0. The van der Waals surface area contributed by atoms with Crippen molar-refractivity contribution in [2.75, 3.05) is 0 Å². The van der Waals surface area contributed by atoms with Crippen LogP contribution < -0.4 is 0 Å². The van der Waals surface area contributed by atoms with E-state index in [1.54, 1.807) is 0 Å². The molecule has 1 aromatic rings. The van der Waals surface area contributed by atoms with Crippen LogP contribution in [0.5, 0.6) is 0 Å². The summed E-state index contributed by atoms with van der Waals surface area (Å²) in [5.74, 6) is 0. The second kappa shape index (κ2) is 13.2. The van der Waals surface area contributed by atoms with Gasteiger partial charge in [0.15, 0.2) is 0 Å². The van der Waals surface area contributed by atoms with Crippen molar-refractivity contribution in [1.29, 1.82) is 0 Å². The molecule has 0 nitrogen and oxygen atoms in total. The molecule has 0 saturated heterocycles. The Hall–Kier alpha value is -3.12. The fraction of sp³-hybridized carbons (Fsp3) is 0.200. The van der Waals surface area contributed by atoms with E-state index in [0.29, 0.717) is 0 Å². The molecule has 0 atom stereocenters. The first kappa shape index (κ1) is 24.9. The molecule has 1 rings (SSSR count). The van der Waals surface area contributed by atoms with Crippen molar-refractivity contribution in [3.05, 3.63) is 132 Å². The zero-order valence-corrected chi connectivity index (χ0v) is 19.5. The molecule has 0 N–H and O–H groups in total. The molecule has 0 aliphatic carbocycles. The Morgan fingerprint density at radius 2 is 1.33 bits per heavy atom. The van der Waals surface area contributed by atoms with E-state index in [2.05, 4.69) is 121 Å². The molecule has 0 heteroatoms. The van der Waals surface area contributed by atoms with Gasteiger partial charge in [-0.15, -0.1) is 0 Å². The number of allylic oxidation sites excluding steroid dienone is 16. The highest BCUT2D eigenvalue weighted by Gasteiger charge is 2.06. The fourth-order valence-electron chi connectivity index (χ4n) is 3.20. The topological polar surface area (TPSA) is 0 Å². The molecule has 0 spiro atoms. The van der Waals surface area contributed by atoms with E-state index in [1.807, 2.05) is 19.1 Å². The maximum Gasteiger partial charge on any atom is -0.0178 e. The van der Waals surface area contributed by atoms with Gasteiger partial charge in [-0.05, 0) is 104 Å². The van der Waals surface area contributed by atoms with Gasteiger partial charge in [0.25, 0.3) is 0 Å². The lowest BCUT2D eigenvalue weighted by molar-refractivity contribution is 1.38. The molecule has 156 valence electrons. The van der Waals surface area contributed by atoms with Crippen molar-refractivity contribution in [2.24, 2.45) is 0 Å². The van der Waals surface area contributed by atoms with Crippen LogP contribution in [0.4, 0.5) is 0 Å². The minimum atomic E-state index is 1.11. The second-order valence-corrected chi connectivity index (χ2v) is 6.89. The Bertz CT molecular complexity index is 963. The average molecular weight is 397 g/mol. The molecule has 0 aliphatic heterocycles. The second-order valence-electron chi connectivity index (χ2n) is 6.89. The van der Waals surface area contributed by atoms with E-state index in [9.17, 15) is 0 Å². The molecule has 0 unspecified atom stereocenters. The van der Waals surface area contributed by atoms with E-state index >= 15 is 0 Å². The number of rotatable bonds is 9. The van der Waals surface area contributed by atoms with Gasteiger partial charge in [-0.25, -0.2) is 0 Å². The van der Waals surface area contributed by atoms with E-state index in [0.717, 1.165) is 27.9 Å². The van der Waals surface area contributed by atoms with Crippen molar-refractivity contribution < 1.29 is 0 Å². The highest BCUT2D eigenvalue weighted by atomic mass is 14.1. The van der Waals surface area contributed by atoms with Crippen LogP contribution in [0.3, 0.4) is 0 Å². The van der Waals surface area contributed by atoms with Gasteiger partial charge in [-0.1, -0.05) is 80.0 Å². The van der Waals surface area contributed by atoms with E-state index in [4.69, 9.17) is 0 Å². The van der Waals surface area contributed by atoms with Crippen molar-refractivity contribution in [2.45, 2.75) is 41.5 Å². The summed E-state index contributed by atoms with van der Waals surface area (Å²) < 4.78 is 0. The predicted octanol–water partition coefficient (Wildman–Crippen LogP) is 9.21. The first-order valence-corrected chi connectivity index (χ1v) is 10.5. The molecule has 0 heterocycles. The first-order chi connectivity index (χ1) is 14.5. The third-order valence-corrected chi connectivity index (χ3v) is 5.09. The summed E-state index contributed by atoms with van der Waals surface area (Å²) >= 11 is 0. The highest BCUT2D eigenvalue weighted by molar-refractivity contribution is 5.82. The summed E-state index contributed by atoms with van der Waals surface area (Å²) in [4.78, 5) is 0. The molecule has 30 heavy (non-hydrogen) atoms. The Balaban J connectivity index is 3.49. The van der Waals surface area contributed by atoms with Crippen molar-refractivity contribution >= 4 is 11.1 Å². The standard InChI is InChI=1S/C30H36/c1-9-17-24(11-3)26(13-5)21-28(15-7)30-19-16-18-29(22-30)27(14-6)20-25(12-4)23(8)10-2/h9-22H,5-6H2,1-4,7-8H3/b17-9-,23-10+,24-11+,25-12+,26-21+,27-20+,28-15+. The summed E-state index contributed by atoms with van der Waals surface area (Å²) in [5.41, 5.74) is 9.32. The summed E-state index contributed by atoms with van der Waals surface area (Å²) in [6.45, 7) is 20.5. The van der Waals surface area contributed by atoms with Crippen molar-refractivity contribution in [3.63, 3.8) is 0 Å². The monoisotopic (exact) mass is 396 g/mol. The Labute approximate surface area is 184 Å². The van der Waals surface area contributed by atoms with Crippen LogP contribution >= 0.6 is 0 Å². The third kappa shape index (κ3) is 6.74. The quantitative estimate of drug-likeness (QED) is 0.365. The third-order valence-electron chi connectivity index (χ3n) is 5.09. The Morgan fingerprint density at radius 1 is 0.700 bits per heavy atom. The maximum absolute atomic E-state index is 4.05. The lowest BCUT2D eigenvalue weighted by Crippen LogP contribution is -1.90. The Morgan fingerprint density at radius 3 is 1.80 bits per heavy atom. The fourth-order valence-corrected chi connectivity index (χ4v) is 3.20. The molecular formula is C30H36. The van der Waals surface area contributed by atoms with Gasteiger partial charge in [0.05, 0.1) is 0 Å². The lowest BCUT2D eigenvalue weighted by atomic mass is 9.94. The van der Waals surface area contributed by atoms with Gasteiger partial charge < -0.3 is 0 Å². The Kier molecular flexibility index (Phi) is 10.9. The van der Waals surface area contributed by atoms with Crippen LogP contribution in [-0.2, 0) is 0 Å². The van der Waals surface area contributed by atoms with Crippen LogP contribution in [0.2, 0.25) is 0 Å². The normalized spacial score (nSPS) is 15.0. The van der Waals surface area contributed by atoms with Gasteiger partial charge >= 0.3 is 0 Å². The van der Waals surface area contributed by atoms with Gasteiger partial charge in [0.1, 0.15) is 0 Å². The summed E-state index contributed by atoms with van der Waals surface area (Å²) in [7, 11) is 0. The van der Waals surface area contributed by atoms with Crippen LogP contribution in [0.25, 0.3) is 11.1 Å². The van der Waals surface area contributed by atoms with Gasteiger partial charge in [0.2, 0.25) is 0 Å².